The second-order valence-corrected chi connectivity index (χ2v) is 6.59. The highest BCUT2D eigenvalue weighted by Crippen LogP contribution is 2.31. The second-order valence-electron chi connectivity index (χ2n) is 6.59. The lowest BCUT2D eigenvalue weighted by molar-refractivity contribution is -0.126. The molecule has 0 saturated heterocycles. The number of carbonyl (C=O) groups is 1. The highest BCUT2D eigenvalue weighted by molar-refractivity contribution is 5.78. The predicted octanol–water partition coefficient (Wildman–Crippen LogP) is 2.30. The van der Waals surface area contributed by atoms with Crippen LogP contribution in [0, 0.1) is 17.3 Å². The summed E-state index contributed by atoms with van der Waals surface area (Å²) in [4.78, 5) is 12.1. The normalized spacial score (nSPS) is 25.6. The van der Waals surface area contributed by atoms with E-state index >= 15 is 0 Å². The van der Waals surface area contributed by atoms with Gasteiger partial charge in [-0.05, 0) is 37.1 Å². The van der Waals surface area contributed by atoms with Crippen molar-refractivity contribution in [2.75, 3.05) is 13.1 Å². The largest absolute Gasteiger partial charge is 0.355 e. The summed E-state index contributed by atoms with van der Waals surface area (Å²) in [6.07, 6.45) is 5.59. The van der Waals surface area contributed by atoms with Gasteiger partial charge in [0.2, 0.25) is 5.91 Å². The summed E-state index contributed by atoms with van der Waals surface area (Å²) in [6.45, 7) is 7.95. The molecule has 0 spiro atoms. The highest BCUT2D eigenvalue weighted by Gasteiger charge is 2.27. The molecule has 0 radical (unpaired) electrons. The van der Waals surface area contributed by atoms with E-state index in [4.69, 9.17) is 5.73 Å². The average molecular weight is 240 g/mol. The molecule has 0 aromatic heterocycles. The van der Waals surface area contributed by atoms with Gasteiger partial charge in [0.05, 0.1) is 0 Å². The molecule has 0 heterocycles. The van der Waals surface area contributed by atoms with Gasteiger partial charge in [0.25, 0.3) is 0 Å². The minimum absolute atomic E-state index is 0.168. The van der Waals surface area contributed by atoms with E-state index < -0.39 is 0 Å². The lowest BCUT2D eigenvalue weighted by atomic mass is 9.79. The third kappa shape index (κ3) is 5.53. The molecule has 1 saturated carbocycles. The molecule has 0 bridgehead atoms. The second kappa shape index (κ2) is 6.39. The molecule has 2 unspecified atom stereocenters. The fraction of sp³-hybridized carbons (Fsp3) is 0.929. The molecule has 1 aliphatic carbocycles. The summed E-state index contributed by atoms with van der Waals surface area (Å²) in [5.74, 6) is 1.14. The molecule has 1 amide bonds. The monoisotopic (exact) mass is 240 g/mol. The molecular formula is C14H28N2O. The quantitative estimate of drug-likeness (QED) is 0.792. The zero-order valence-corrected chi connectivity index (χ0v) is 11.6. The van der Waals surface area contributed by atoms with Crippen molar-refractivity contribution in [2.24, 2.45) is 23.0 Å². The summed E-state index contributed by atoms with van der Waals surface area (Å²) in [5, 5.41) is 3.08. The Bertz CT molecular complexity index is 243. The van der Waals surface area contributed by atoms with Gasteiger partial charge < -0.3 is 11.1 Å². The van der Waals surface area contributed by atoms with Crippen LogP contribution in [0.3, 0.4) is 0 Å². The van der Waals surface area contributed by atoms with Crippen molar-refractivity contribution in [1.82, 2.24) is 5.32 Å². The lowest BCUT2D eigenvalue weighted by Gasteiger charge is -2.29. The Labute approximate surface area is 106 Å². The molecule has 3 nitrogen and oxygen atoms in total. The van der Waals surface area contributed by atoms with E-state index in [2.05, 4.69) is 26.1 Å². The minimum atomic E-state index is 0.168. The zero-order chi connectivity index (χ0) is 12.9. The van der Waals surface area contributed by atoms with E-state index in [0.29, 0.717) is 5.92 Å². The van der Waals surface area contributed by atoms with E-state index in [9.17, 15) is 4.79 Å². The van der Waals surface area contributed by atoms with Crippen LogP contribution in [0.25, 0.3) is 0 Å². The fourth-order valence-electron chi connectivity index (χ4n) is 2.52. The molecule has 0 aliphatic heterocycles. The zero-order valence-electron chi connectivity index (χ0n) is 11.6. The number of nitrogens with one attached hydrogen (secondary N) is 1. The molecule has 3 N–H and O–H groups in total. The van der Waals surface area contributed by atoms with Gasteiger partial charge in [-0.25, -0.2) is 0 Å². The van der Waals surface area contributed by atoms with Crippen molar-refractivity contribution in [3.8, 4) is 0 Å². The summed E-state index contributed by atoms with van der Waals surface area (Å²) >= 11 is 0. The van der Waals surface area contributed by atoms with Gasteiger partial charge in [-0.1, -0.05) is 33.6 Å². The third-order valence-corrected chi connectivity index (χ3v) is 3.52. The molecule has 1 rings (SSSR count). The van der Waals surface area contributed by atoms with Crippen molar-refractivity contribution in [3.05, 3.63) is 0 Å². The summed E-state index contributed by atoms with van der Waals surface area (Å²) in [6, 6.07) is 0. The molecule has 0 aromatic carbocycles. The van der Waals surface area contributed by atoms with Crippen LogP contribution in [-0.2, 0) is 4.79 Å². The smallest absolute Gasteiger partial charge is 0.223 e. The number of carbonyl (C=O) groups excluding carboxylic acids is 1. The van der Waals surface area contributed by atoms with Crippen LogP contribution in [0.4, 0.5) is 0 Å². The van der Waals surface area contributed by atoms with Crippen molar-refractivity contribution in [2.45, 2.75) is 52.9 Å². The molecule has 1 fully saturated rings. The van der Waals surface area contributed by atoms with Gasteiger partial charge >= 0.3 is 0 Å². The number of hydrogen-bond donors (Lipinski definition) is 2. The first kappa shape index (κ1) is 14.5. The summed E-state index contributed by atoms with van der Waals surface area (Å²) < 4.78 is 0. The number of amides is 1. The van der Waals surface area contributed by atoms with Gasteiger partial charge in [-0.2, -0.15) is 0 Å². The van der Waals surface area contributed by atoms with Gasteiger partial charge in [-0.15, -0.1) is 0 Å². The van der Waals surface area contributed by atoms with E-state index in [1.807, 2.05) is 0 Å². The first-order chi connectivity index (χ1) is 7.92. The van der Waals surface area contributed by atoms with Crippen LogP contribution >= 0.6 is 0 Å². The van der Waals surface area contributed by atoms with Crippen LogP contribution in [0.5, 0.6) is 0 Å². The maximum Gasteiger partial charge on any atom is 0.223 e. The average Bonchev–Trinajstić information content (AvgIpc) is 2.26. The van der Waals surface area contributed by atoms with E-state index in [-0.39, 0.29) is 17.2 Å². The maximum absolute atomic E-state index is 12.1. The first-order valence-electron chi connectivity index (χ1n) is 6.90. The van der Waals surface area contributed by atoms with Crippen LogP contribution in [0.1, 0.15) is 52.9 Å². The molecule has 1 aliphatic rings. The van der Waals surface area contributed by atoms with Crippen LogP contribution in [-0.4, -0.2) is 19.0 Å². The van der Waals surface area contributed by atoms with Gasteiger partial charge in [-0.3, -0.25) is 4.79 Å². The van der Waals surface area contributed by atoms with Crippen molar-refractivity contribution < 1.29 is 4.79 Å². The number of rotatable bonds is 4. The fourth-order valence-corrected chi connectivity index (χ4v) is 2.52. The van der Waals surface area contributed by atoms with E-state index in [0.717, 1.165) is 32.4 Å². The SMILES string of the molecule is CC(C)(C)CNC(=O)C1CCCC(CCN)C1. The number of nitrogens with two attached hydrogens (primary N) is 1. The maximum atomic E-state index is 12.1. The molecule has 3 heteroatoms. The van der Waals surface area contributed by atoms with Crippen molar-refractivity contribution in [3.63, 3.8) is 0 Å². The molecular weight excluding hydrogens is 212 g/mol. The van der Waals surface area contributed by atoms with E-state index in [1.54, 1.807) is 0 Å². The molecule has 100 valence electrons. The van der Waals surface area contributed by atoms with Crippen LogP contribution < -0.4 is 11.1 Å². The van der Waals surface area contributed by atoms with Gasteiger partial charge in [0.1, 0.15) is 0 Å². The van der Waals surface area contributed by atoms with Gasteiger partial charge in [0, 0.05) is 12.5 Å². The minimum Gasteiger partial charge on any atom is -0.355 e. The van der Waals surface area contributed by atoms with Crippen molar-refractivity contribution in [1.29, 1.82) is 0 Å². The predicted molar refractivity (Wildman–Crippen MR) is 71.6 cm³/mol. The molecule has 17 heavy (non-hydrogen) atoms. The Morgan fingerprint density at radius 3 is 2.65 bits per heavy atom. The van der Waals surface area contributed by atoms with E-state index in [1.165, 1.54) is 12.8 Å². The molecule has 2 atom stereocenters. The number of hydrogen-bond acceptors (Lipinski definition) is 2. The Hall–Kier alpha value is -0.570. The van der Waals surface area contributed by atoms with Gasteiger partial charge in [0.15, 0.2) is 0 Å². The highest BCUT2D eigenvalue weighted by atomic mass is 16.1. The Morgan fingerprint density at radius 2 is 2.06 bits per heavy atom. The first-order valence-corrected chi connectivity index (χ1v) is 6.90. The Morgan fingerprint density at radius 1 is 1.35 bits per heavy atom. The third-order valence-electron chi connectivity index (χ3n) is 3.52. The van der Waals surface area contributed by atoms with Crippen molar-refractivity contribution >= 4 is 5.91 Å². The summed E-state index contributed by atoms with van der Waals surface area (Å²) in [5.41, 5.74) is 5.76. The molecule has 0 aromatic rings. The van der Waals surface area contributed by atoms with Crippen LogP contribution in [0.2, 0.25) is 0 Å². The van der Waals surface area contributed by atoms with Crippen LogP contribution in [0.15, 0.2) is 0 Å². The lowest BCUT2D eigenvalue weighted by Crippen LogP contribution is -2.38. The standard InChI is InChI=1S/C14H28N2O/c1-14(2,3)10-16-13(17)12-6-4-5-11(9-12)7-8-15/h11-12H,4-10,15H2,1-3H3,(H,16,17). The topological polar surface area (TPSA) is 55.1 Å². The Balaban J connectivity index is 2.36. The Kier molecular flexibility index (Phi) is 5.44. The summed E-state index contributed by atoms with van der Waals surface area (Å²) in [7, 11) is 0.